The van der Waals surface area contributed by atoms with Crippen LogP contribution in [0, 0.1) is 23.7 Å². The summed E-state index contributed by atoms with van der Waals surface area (Å²) >= 11 is 0. The summed E-state index contributed by atoms with van der Waals surface area (Å²) in [5.74, 6) is 13.0. The third-order valence-corrected chi connectivity index (χ3v) is 6.48. The Morgan fingerprint density at radius 3 is 1.34 bits per heavy atom. The number of rotatable bonds is 2. The Balaban J connectivity index is 1.43. The van der Waals surface area contributed by atoms with E-state index < -0.39 is 0 Å². The first-order valence-electron chi connectivity index (χ1n) is 12.4. The molecule has 0 unspecified atom stereocenters. The number of aliphatic imine (C=N–C) groups is 2. The van der Waals surface area contributed by atoms with Crippen LogP contribution in [0.15, 0.2) is 131 Å². The van der Waals surface area contributed by atoms with Gasteiger partial charge in [0.05, 0.1) is 22.8 Å². The van der Waals surface area contributed by atoms with Crippen LogP contribution in [0.5, 0.6) is 0 Å². The molecule has 3 aliphatic heterocycles. The summed E-state index contributed by atoms with van der Waals surface area (Å²) in [6.07, 6.45) is 7.93. The van der Waals surface area contributed by atoms with E-state index >= 15 is 0 Å². The minimum absolute atomic E-state index is 0.701. The normalized spacial score (nSPS) is 19.1. The van der Waals surface area contributed by atoms with Crippen molar-refractivity contribution in [2.24, 2.45) is 9.98 Å². The van der Waals surface area contributed by atoms with E-state index in [1.807, 2.05) is 72.8 Å². The van der Waals surface area contributed by atoms with Crippen molar-refractivity contribution in [2.75, 3.05) is 0 Å². The highest BCUT2D eigenvalue weighted by atomic mass is 14.8. The fourth-order valence-corrected chi connectivity index (χ4v) is 4.72. The molecule has 2 N–H and O–H groups in total. The van der Waals surface area contributed by atoms with Crippen molar-refractivity contribution in [1.82, 2.24) is 9.97 Å². The van der Waals surface area contributed by atoms with E-state index in [0.29, 0.717) is 11.4 Å². The smallest absolute Gasteiger partial charge is 0.114 e. The predicted molar refractivity (Wildman–Crippen MR) is 153 cm³/mol. The molecule has 0 spiro atoms. The van der Waals surface area contributed by atoms with Crippen molar-refractivity contribution in [3.8, 4) is 23.7 Å². The molecular formula is C34H20N4. The van der Waals surface area contributed by atoms with Gasteiger partial charge in [-0.1, -0.05) is 60.7 Å². The molecule has 4 heteroatoms. The quantitative estimate of drug-likeness (QED) is 0.314. The van der Waals surface area contributed by atoms with Gasteiger partial charge in [-0.2, -0.15) is 0 Å². The molecule has 0 amide bonds. The van der Waals surface area contributed by atoms with Gasteiger partial charge in [0.15, 0.2) is 0 Å². The number of fused-ring (bicyclic) bond motifs is 6. The van der Waals surface area contributed by atoms with Gasteiger partial charge in [-0.3, -0.25) is 0 Å². The number of aromatic amines is 2. The molecule has 0 radical (unpaired) electrons. The molecule has 0 saturated heterocycles. The highest BCUT2D eigenvalue weighted by molar-refractivity contribution is 6.19. The van der Waals surface area contributed by atoms with Crippen molar-refractivity contribution in [3.63, 3.8) is 0 Å². The molecule has 38 heavy (non-hydrogen) atoms. The van der Waals surface area contributed by atoms with Gasteiger partial charge in [0.1, 0.15) is 11.4 Å². The number of nitrogens with one attached hydrogen (secondary N) is 2. The van der Waals surface area contributed by atoms with Gasteiger partial charge in [-0.05, 0) is 83.4 Å². The first-order valence-corrected chi connectivity index (χ1v) is 12.4. The minimum Gasteiger partial charge on any atom is -0.348 e. The summed E-state index contributed by atoms with van der Waals surface area (Å²) in [7, 11) is 0. The Labute approximate surface area is 220 Å². The van der Waals surface area contributed by atoms with Crippen LogP contribution in [-0.2, 0) is 0 Å². The molecule has 8 bridgehead atoms. The molecule has 3 aliphatic rings. The number of benzene rings is 2. The largest absolute Gasteiger partial charge is 0.348 e. The zero-order valence-electron chi connectivity index (χ0n) is 20.3. The second kappa shape index (κ2) is 9.13. The molecule has 7 rings (SSSR count). The van der Waals surface area contributed by atoms with E-state index in [-0.39, 0.29) is 0 Å². The zero-order valence-corrected chi connectivity index (χ0v) is 20.3. The SMILES string of the molecule is C1#CC2=N/C(=C(/c3ccccc3)c3ccc([nH]3)C#Cc3ccc([nH]3)/C(c3ccccc3)=C3/C=CC1=N3)C=C2. The van der Waals surface area contributed by atoms with Crippen LogP contribution in [0.25, 0.3) is 11.1 Å². The summed E-state index contributed by atoms with van der Waals surface area (Å²) in [5, 5.41) is 0. The molecule has 0 saturated carbocycles. The van der Waals surface area contributed by atoms with Crippen molar-refractivity contribution >= 4 is 22.6 Å². The lowest BCUT2D eigenvalue weighted by atomic mass is 10.0. The average Bonchev–Trinajstić information content (AvgIpc) is 3.77. The summed E-state index contributed by atoms with van der Waals surface area (Å²) in [5.41, 5.74) is 10.8. The van der Waals surface area contributed by atoms with Gasteiger partial charge in [-0.25, -0.2) is 9.98 Å². The van der Waals surface area contributed by atoms with Crippen LogP contribution in [0.2, 0.25) is 0 Å². The van der Waals surface area contributed by atoms with Gasteiger partial charge in [0.25, 0.3) is 0 Å². The standard InChI is InChI=1S/C34H20N4/c1-3-7-23(8-4-1)33-29-19-15-25(35-29)11-13-27-17-21-31(37-27)34(24-9-5-2-6-10-24)32-22-18-28(38-32)14-12-26-16-20-30(33)36-26/h1-10,15-22,35,37H/b33-29?,33-30-,34-31?,34-32-. The molecule has 4 aromatic rings. The zero-order chi connectivity index (χ0) is 25.3. The molecule has 5 heterocycles. The summed E-state index contributed by atoms with van der Waals surface area (Å²) in [6.45, 7) is 0. The maximum Gasteiger partial charge on any atom is 0.114 e. The maximum atomic E-state index is 4.86. The molecule has 0 atom stereocenters. The van der Waals surface area contributed by atoms with Gasteiger partial charge in [0.2, 0.25) is 0 Å². The van der Waals surface area contributed by atoms with Crippen LogP contribution in [0.4, 0.5) is 0 Å². The Morgan fingerprint density at radius 1 is 0.447 bits per heavy atom. The third-order valence-electron chi connectivity index (χ3n) is 6.48. The number of hydrogen-bond acceptors (Lipinski definition) is 2. The van der Waals surface area contributed by atoms with Gasteiger partial charge >= 0.3 is 0 Å². The van der Waals surface area contributed by atoms with Crippen LogP contribution >= 0.6 is 0 Å². The number of H-pyrrole nitrogens is 2. The van der Waals surface area contributed by atoms with Crippen molar-refractivity contribution in [2.45, 2.75) is 0 Å². The number of allylic oxidation sites excluding steroid dienone is 4. The van der Waals surface area contributed by atoms with Crippen molar-refractivity contribution in [1.29, 1.82) is 0 Å². The van der Waals surface area contributed by atoms with E-state index in [0.717, 1.165) is 56.4 Å². The van der Waals surface area contributed by atoms with E-state index in [1.165, 1.54) is 0 Å². The molecule has 4 nitrogen and oxygen atoms in total. The fourth-order valence-electron chi connectivity index (χ4n) is 4.72. The average molecular weight is 485 g/mol. The Hall–Kier alpha value is -5.58. The summed E-state index contributed by atoms with van der Waals surface area (Å²) in [4.78, 5) is 16.7. The van der Waals surface area contributed by atoms with Crippen LogP contribution < -0.4 is 0 Å². The Morgan fingerprint density at radius 2 is 0.895 bits per heavy atom. The van der Waals surface area contributed by atoms with E-state index in [4.69, 9.17) is 9.98 Å². The van der Waals surface area contributed by atoms with Gasteiger partial charge in [0, 0.05) is 22.5 Å². The van der Waals surface area contributed by atoms with Gasteiger partial charge in [-0.15, -0.1) is 0 Å². The van der Waals surface area contributed by atoms with Crippen molar-refractivity contribution < 1.29 is 0 Å². The monoisotopic (exact) mass is 484 g/mol. The number of nitrogens with zero attached hydrogens (tertiary/aromatic N) is 2. The minimum atomic E-state index is 0.701. The second-order valence-corrected chi connectivity index (χ2v) is 8.98. The molecule has 2 aromatic carbocycles. The number of hydrogen-bond donors (Lipinski definition) is 2. The molecular weight excluding hydrogens is 464 g/mol. The molecule has 0 fully saturated rings. The molecule has 2 aromatic heterocycles. The van der Waals surface area contributed by atoms with E-state index in [9.17, 15) is 0 Å². The predicted octanol–water partition coefficient (Wildman–Crippen LogP) is 6.30. The van der Waals surface area contributed by atoms with Crippen LogP contribution in [0.3, 0.4) is 0 Å². The van der Waals surface area contributed by atoms with Crippen LogP contribution in [0.1, 0.15) is 33.9 Å². The lowest BCUT2D eigenvalue weighted by molar-refractivity contribution is 1.28. The van der Waals surface area contributed by atoms with Crippen LogP contribution in [-0.4, -0.2) is 21.4 Å². The Kier molecular flexibility index (Phi) is 5.21. The Bertz CT molecular complexity index is 1760. The maximum absolute atomic E-state index is 4.86. The lowest BCUT2D eigenvalue weighted by Gasteiger charge is -2.08. The summed E-state index contributed by atoms with van der Waals surface area (Å²) < 4.78 is 0. The second-order valence-electron chi connectivity index (χ2n) is 8.98. The van der Waals surface area contributed by atoms with Gasteiger partial charge < -0.3 is 9.97 Å². The highest BCUT2D eigenvalue weighted by Gasteiger charge is 2.17. The molecule has 176 valence electrons. The van der Waals surface area contributed by atoms with Crippen molar-refractivity contribution in [3.05, 3.63) is 155 Å². The first kappa shape index (κ1) is 21.7. The molecule has 0 aliphatic carbocycles. The third kappa shape index (κ3) is 4.07. The fraction of sp³-hybridized carbons (Fsp3) is 0. The highest BCUT2D eigenvalue weighted by Crippen LogP contribution is 2.31. The topological polar surface area (TPSA) is 56.3 Å². The lowest BCUT2D eigenvalue weighted by Crippen LogP contribution is -1.94. The summed E-state index contributed by atoms with van der Waals surface area (Å²) in [6, 6.07) is 28.6. The number of aromatic nitrogens is 2. The van der Waals surface area contributed by atoms with E-state index in [2.05, 4.69) is 70.0 Å². The van der Waals surface area contributed by atoms with E-state index in [1.54, 1.807) is 0 Å². The first-order chi connectivity index (χ1) is 18.8.